The van der Waals surface area contributed by atoms with Crippen molar-refractivity contribution >= 4 is 15.8 Å². The molecule has 1 N–H and O–H groups in total. The Kier molecular flexibility index (Phi) is 4.30. The van der Waals surface area contributed by atoms with Gasteiger partial charge in [-0.15, -0.1) is 17.1 Å². The third kappa shape index (κ3) is 3.64. The monoisotopic (exact) mass is 297 g/mol. The lowest BCUT2D eigenvalue weighted by Gasteiger charge is -2.07. The first kappa shape index (κ1) is 14.7. The standard InChI is InChI=1S/C16H11NO3S/c1-3-13-5-9-15(10-6-13)17-20-21(18,19)16-11-7-14(4-2)8-12-16/h1-2,5-12,17H. The van der Waals surface area contributed by atoms with Crippen LogP contribution in [0.2, 0.25) is 0 Å². The van der Waals surface area contributed by atoms with Crippen molar-refractivity contribution in [1.29, 1.82) is 0 Å². The third-order valence-electron chi connectivity index (χ3n) is 2.63. The lowest BCUT2D eigenvalue weighted by molar-refractivity contribution is 0.391. The van der Waals surface area contributed by atoms with E-state index in [0.29, 0.717) is 16.8 Å². The van der Waals surface area contributed by atoms with Crippen LogP contribution in [-0.4, -0.2) is 8.42 Å². The van der Waals surface area contributed by atoms with Crippen molar-refractivity contribution in [2.24, 2.45) is 0 Å². The van der Waals surface area contributed by atoms with E-state index in [1.165, 1.54) is 24.3 Å². The Hall–Kier alpha value is -2.73. The second-order valence-corrected chi connectivity index (χ2v) is 5.58. The summed E-state index contributed by atoms with van der Waals surface area (Å²) in [5.41, 5.74) is 4.11. The summed E-state index contributed by atoms with van der Waals surface area (Å²) in [4.78, 5) is 0.00856. The number of rotatable bonds is 4. The van der Waals surface area contributed by atoms with Crippen molar-refractivity contribution in [3.05, 3.63) is 59.7 Å². The van der Waals surface area contributed by atoms with Gasteiger partial charge in [-0.05, 0) is 48.5 Å². The quantitative estimate of drug-likeness (QED) is 0.695. The van der Waals surface area contributed by atoms with E-state index in [9.17, 15) is 8.42 Å². The molecule has 2 aromatic rings. The Balaban J connectivity index is 2.10. The molecule has 21 heavy (non-hydrogen) atoms. The first-order valence-electron chi connectivity index (χ1n) is 5.88. The second-order valence-electron chi connectivity index (χ2n) is 4.03. The van der Waals surface area contributed by atoms with Gasteiger partial charge in [-0.25, -0.2) is 5.48 Å². The minimum atomic E-state index is -3.92. The van der Waals surface area contributed by atoms with Gasteiger partial charge >= 0.3 is 10.1 Å². The lowest BCUT2D eigenvalue weighted by atomic mass is 10.2. The topological polar surface area (TPSA) is 55.4 Å². The van der Waals surface area contributed by atoms with Crippen LogP contribution in [-0.2, 0) is 14.4 Å². The van der Waals surface area contributed by atoms with Gasteiger partial charge < -0.3 is 0 Å². The highest BCUT2D eigenvalue weighted by Crippen LogP contribution is 2.15. The van der Waals surface area contributed by atoms with E-state index in [-0.39, 0.29) is 4.90 Å². The highest BCUT2D eigenvalue weighted by atomic mass is 32.2. The fourth-order valence-corrected chi connectivity index (χ4v) is 2.27. The highest BCUT2D eigenvalue weighted by Gasteiger charge is 2.15. The number of nitrogens with one attached hydrogen (secondary N) is 1. The summed E-state index contributed by atoms with van der Waals surface area (Å²) in [7, 11) is -3.92. The molecule has 0 saturated carbocycles. The first-order valence-corrected chi connectivity index (χ1v) is 7.29. The molecule has 0 bridgehead atoms. The van der Waals surface area contributed by atoms with Gasteiger partial charge in [-0.2, -0.15) is 8.42 Å². The molecule has 0 aliphatic heterocycles. The fourth-order valence-electron chi connectivity index (χ4n) is 1.50. The maximum atomic E-state index is 12.0. The van der Waals surface area contributed by atoms with Gasteiger partial charge in [-0.1, -0.05) is 11.8 Å². The van der Waals surface area contributed by atoms with Crippen LogP contribution in [0.4, 0.5) is 5.69 Å². The summed E-state index contributed by atoms with van der Waals surface area (Å²) in [5, 5.41) is 0. The summed E-state index contributed by atoms with van der Waals surface area (Å²) in [5.74, 6) is 4.87. The van der Waals surface area contributed by atoms with Crippen molar-refractivity contribution < 1.29 is 12.7 Å². The Morgan fingerprint density at radius 3 is 1.81 bits per heavy atom. The molecule has 0 aromatic heterocycles. The van der Waals surface area contributed by atoms with Crippen molar-refractivity contribution in [2.45, 2.75) is 4.90 Å². The molecule has 0 aliphatic rings. The number of hydrogen-bond acceptors (Lipinski definition) is 4. The molecule has 0 aliphatic carbocycles. The van der Waals surface area contributed by atoms with Crippen LogP contribution in [0.25, 0.3) is 0 Å². The average molecular weight is 297 g/mol. The molecule has 0 fully saturated rings. The van der Waals surface area contributed by atoms with Gasteiger partial charge in [0.25, 0.3) is 0 Å². The van der Waals surface area contributed by atoms with Crippen LogP contribution in [0.3, 0.4) is 0 Å². The molecule has 0 heterocycles. The van der Waals surface area contributed by atoms with E-state index in [2.05, 4.69) is 17.3 Å². The minimum Gasteiger partial charge on any atom is -0.249 e. The minimum absolute atomic E-state index is 0.00856. The molecule has 2 aromatic carbocycles. The van der Waals surface area contributed by atoms with E-state index in [1.807, 2.05) is 0 Å². The van der Waals surface area contributed by atoms with Gasteiger partial charge in [-0.3, -0.25) is 0 Å². The zero-order valence-electron chi connectivity index (χ0n) is 10.9. The van der Waals surface area contributed by atoms with Gasteiger partial charge in [0.15, 0.2) is 0 Å². The smallest absolute Gasteiger partial charge is 0.249 e. The van der Waals surface area contributed by atoms with Crippen molar-refractivity contribution in [1.82, 2.24) is 0 Å². The predicted octanol–water partition coefficient (Wildman–Crippen LogP) is 2.38. The summed E-state index contributed by atoms with van der Waals surface area (Å²) in [6.07, 6.45) is 10.4. The third-order valence-corrected chi connectivity index (χ3v) is 3.78. The Morgan fingerprint density at radius 2 is 1.33 bits per heavy atom. The van der Waals surface area contributed by atoms with Crippen LogP contribution < -0.4 is 5.48 Å². The molecular weight excluding hydrogens is 286 g/mol. The van der Waals surface area contributed by atoms with Crippen molar-refractivity contribution in [2.75, 3.05) is 5.48 Å². The zero-order valence-corrected chi connectivity index (χ0v) is 11.7. The molecule has 2 rings (SSSR count). The predicted molar refractivity (Wildman–Crippen MR) is 80.6 cm³/mol. The number of hydrogen-bond donors (Lipinski definition) is 1. The summed E-state index contributed by atoms with van der Waals surface area (Å²) in [6, 6.07) is 12.4. The number of terminal acetylenes is 2. The molecule has 5 heteroatoms. The van der Waals surface area contributed by atoms with Gasteiger partial charge in [0.2, 0.25) is 0 Å². The molecule has 0 atom stereocenters. The van der Waals surface area contributed by atoms with E-state index < -0.39 is 10.1 Å². The molecule has 0 unspecified atom stereocenters. The zero-order chi connectivity index (χ0) is 15.3. The second kappa shape index (κ2) is 6.15. The van der Waals surface area contributed by atoms with Gasteiger partial charge in [0.1, 0.15) is 0 Å². The summed E-state index contributed by atoms with van der Waals surface area (Å²) < 4.78 is 28.7. The molecule has 0 saturated heterocycles. The van der Waals surface area contributed by atoms with Crippen molar-refractivity contribution in [3.8, 4) is 24.7 Å². The fraction of sp³-hybridized carbons (Fsp3) is 0. The molecule has 0 spiro atoms. The Morgan fingerprint density at radius 1 is 0.857 bits per heavy atom. The molecular formula is C16H11NO3S. The van der Waals surface area contributed by atoms with Crippen LogP contribution in [0.1, 0.15) is 11.1 Å². The first-order chi connectivity index (χ1) is 10.0. The van der Waals surface area contributed by atoms with Gasteiger partial charge in [0, 0.05) is 11.1 Å². The number of anilines is 1. The van der Waals surface area contributed by atoms with E-state index in [0.717, 1.165) is 0 Å². The van der Waals surface area contributed by atoms with E-state index >= 15 is 0 Å². The average Bonchev–Trinajstić information content (AvgIpc) is 2.53. The summed E-state index contributed by atoms with van der Waals surface area (Å²) in [6.45, 7) is 0. The number of benzene rings is 2. The highest BCUT2D eigenvalue weighted by molar-refractivity contribution is 7.86. The molecule has 4 nitrogen and oxygen atoms in total. The Labute approximate surface area is 123 Å². The maximum absolute atomic E-state index is 12.0. The van der Waals surface area contributed by atoms with E-state index in [1.54, 1.807) is 24.3 Å². The Bertz CT molecular complexity index is 808. The van der Waals surface area contributed by atoms with E-state index in [4.69, 9.17) is 17.1 Å². The van der Waals surface area contributed by atoms with Crippen LogP contribution >= 0.6 is 0 Å². The molecule has 0 radical (unpaired) electrons. The lowest BCUT2D eigenvalue weighted by Crippen LogP contribution is -2.11. The van der Waals surface area contributed by atoms with Crippen LogP contribution in [0.5, 0.6) is 0 Å². The van der Waals surface area contributed by atoms with Crippen molar-refractivity contribution in [3.63, 3.8) is 0 Å². The largest absolute Gasteiger partial charge is 0.317 e. The maximum Gasteiger partial charge on any atom is 0.317 e. The summed E-state index contributed by atoms with van der Waals surface area (Å²) >= 11 is 0. The SMILES string of the molecule is C#Cc1ccc(NOS(=O)(=O)c2ccc(C#C)cc2)cc1. The van der Waals surface area contributed by atoms with Crippen LogP contribution in [0, 0.1) is 24.7 Å². The van der Waals surface area contributed by atoms with Gasteiger partial charge in [0.05, 0.1) is 10.6 Å². The molecule has 0 amide bonds. The van der Waals surface area contributed by atoms with Crippen LogP contribution in [0.15, 0.2) is 53.4 Å². The molecule has 104 valence electrons. The normalized spacial score (nSPS) is 10.4.